The van der Waals surface area contributed by atoms with Crippen molar-refractivity contribution in [1.29, 1.82) is 0 Å². The third-order valence-electron chi connectivity index (χ3n) is 3.35. The number of aliphatic carboxylic acids is 1. The van der Waals surface area contributed by atoms with Crippen LogP contribution in [0, 0.1) is 12.3 Å². The second kappa shape index (κ2) is 6.26. The van der Waals surface area contributed by atoms with Crippen LogP contribution in [0.1, 0.15) is 17.5 Å². The summed E-state index contributed by atoms with van der Waals surface area (Å²) in [5, 5.41) is 8.98. The van der Waals surface area contributed by atoms with Crippen LogP contribution in [0.3, 0.4) is 0 Å². The van der Waals surface area contributed by atoms with Crippen molar-refractivity contribution in [3.63, 3.8) is 0 Å². The van der Waals surface area contributed by atoms with Gasteiger partial charge in [-0.25, -0.2) is 0 Å². The molecule has 2 rings (SSSR count). The van der Waals surface area contributed by atoms with Crippen molar-refractivity contribution in [3.8, 4) is 12.3 Å². The SMILES string of the molecule is C#CCC(NS(=O)(=O)N1CCc2ccccc2C1)C(=O)O. The lowest BCUT2D eigenvalue weighted by Crippen LogP contribution is -2.49. The van der Waals surface area contributed by atoms with Crippen LogP contribution in [0.5, 0.6) is 0 Å². The lowest BCUT2D eigenvalue weighted by molar-refractivity contribution is -0.138. The molecule has 0 aromatic heterocycles. The minimum atomic E-state index is -3.89. The molecule has 1 aromatic rings. The molecule has 1 atom stereocenters. The molecule has 0 bridgehead atoms. The van der Waals surface area contributed by atoms with Gasteiger partial charge in [0.05, 0.1) is 0 Å². The molecule has 0 radical (unpaired) electrons. The summed E-state index contributed by atoms with van der Waals surface area (Å²) in [6.07, 6.45) is 5.47. The summed E-state index contributed by atoms with van der Waals surface area (Å²) in [4.78, 5) is 11.0. The molecular weight excluding hydrogens is 292 g/mol. The Labute approximate surface area is 124 Å². The second-order valence-corrected chi connectivity index (χ2v) is 6.48. The quantitative estimate of drug-likeness (QED) is 0.769. The Hall–Kier alpha value is -1.88. The molecule has 0 saturated carbocycles. The topological polar surface area (TPSA) is 86.7 Å². The fourth-order valence-electron chi connectivity index (χ4n) is 2.23. The molecule has 0 amide bonds. The Morgan fingerprint density at radius 3 is 2.71 bits per heavy atom. The summed E-state index contributed by atoms with van der Waals surface area (Å²) in [6.45, 7) is 0.544. The first-order valence-corrected chi connectivity index (χ1v) is 7.88. The predicted octanol–water partition coefficient (Wildman–Crippen LogP) is 0.356. The van der Waals surface area contributed by atoms with Crippen LogP contribution < -0.4 is 4.72 Å². The molecule has 1 aliphatic heterocycles. The van der Waals surface area contributed by atoms with Gasteiger partial charge in [-0.1, -0.05) is 24.3 Å². The predicted molar refractivity (Wildman–Crippen MR) is 77.5 cm³/mol. The summed E-state index contributed by atoms with van der Waals surface area (Å²) < 4.78 is 27.9. The van der Waals surface area contributed by atoms with E-state index in [1.165, 1.54) is 4.31 Å². The van der Waals surface area contributed by atoms with Gasteiger partial charge in [0.1, 0.15) is 6.04 Å². The number of carboxylic acid groups (broad SMARTS) is 1. The van der Waals surface area contributed by atoms with E-state index in [9.17, 15) is 13.2 Å². The van der Waals surface area contributed by atoms with Crippen LogP contribution in [-0.4, -0.2) is 36.4 Å². The molecule has 21 heavy (non-hydrogen) atoms. The Morgan fingerprint density at radius 1 is 1.43 bits per heavy atom. The van der Waals surface area contributed by atoms with Gasteiger partial charge in [0.25, 0.3) is 10.2 Å². The maximum atomic E-state index is 12.3. The van der Waals surface area contributed by atoms with Gasteiger partial charge in [-0.15, -0.1) is 12.3 Å². The Bertz CT molecular complexity index is 678. The third kappa shape index (κ3) is 3.61. The molecule has 1 aromatic carbocycles. The van der Waals surface area contributed by atoms with Gasteiger partial charge in [-0.3, -0.25) is 4.79 Å². The van der Waals surface area contributed by atoms with Crippen LogP contribution in [0.2, 0.25) is 0 Å². The average Bonchev–Trinajstić information content (AvgIpc) is 2.46. The van der Waals surface area contributed by atoms with Gasteiger partial charge in [-0.2, -0.15) is 17.4 Å². The molecule has 112 valence electrons. The monoisotopic (exact) mass is 308 g/mol. The van der Waals surface area contributed by atoms with Crippen molar-refractivity contribution in [1.82, 2.24) is 9.03 Å². The molecule has 0 spiro atoms. The van der Waals surface area contributed by atoms with Crippen LogP contribution in [0.15, 0.2) is 24.3 Å². The first-order valence-electron chi connectivity index (χ1n) is 6.44. The van der Waals surface area contributed by atoms with Crippen molar-refractivity contribution in [2.45, 2.75) is 25.4 Å². The van der Waals surface area contributed by atoms with Gasteiger partial charge in [-0.05, 0) is 17.5 Å². The number of nitrogens with zero attached hydrogens (tertiary/aromatic N) is 1. The Kier molecular flexibility index (Phi) is 4.63. The molecule has 6 nitrogen and oxygen atoms in total. The van der Waals surface area contributed by atoms with E-state index in [-0.39, 0.29) is 13.0 Å². The lowest BCUT2D eigenvalue weighted by atomic mass is 10.0. The van der Waals surface area contributed by atoms with E-state index in [0.29, 0.717) is 13.0 Å². The highest BCUT2D eigenvalue weighted by atomic mass is 32.2. The van der Waals surface area contributed by atoms with Gasteiger partial charge in [0, 0.05) is 19.5 Å². The zero-order valence-corrected chi connectivity index (χ0v) is 12.1. The zero-order chi connectivity index (χ0) is 15.5. The highest BCUT2D eigenvalue weighted by molar-refractivity contribution is 7.87. The molecule has 0 saturated heterocycles. The Morgan fingerprint density at radius 2 is 2.10 bits per heavy atom. The van der Waals surface area contributed by atoms with Crippen molar-refractivity contribution in [2.24, 2.45) is 0 Å². The minimum absolute atomic E-state index is 0.195. The minimum Gasteiger partial charge on any atom is -0.480 e. The lowest BCUT2D eigenvalue weighted by Gasteiger charge is -2.29. The van der Waals surface area contributed by atoms with E-state index in [1.807, 2.05) is 24.3 Å². The van der Waals surface area contributed by atoms with E-state index in [4.69, 9.17) is 11.5 Å². The Balaban J connectivity index is 2.14. The number of terminal acetylenes is 1. The fourth-order valence-corrected chi connectivity index (χ4v) is 3.56. The van der Waals surface area contributed by atoms with Gasteiger partial charge in [0.15, 0.2) is 0 Å². The average molecular weight is 308 g/mol. The zero-order valence-electron chi connectivity index (χ0n) is 11.3. The summed E-state index contributed by atoms with van der Waals surface area (Å²) in [5.74, 6) is 0.881. The van der Waals surface area contributed by atoms with Crippen molar-refractivity contribution >= 4 is 16.2 Å². The van der Waals surface area contributed by atoms with E-state index in [1.54, 1.807) is 0 Å². The molecule has 0 fully saturated rings. The highest BCUT2D eigenvalue weighted by Gasteiger charge is 2.30. The molecule has 2 N–H and O–H groups in total. The van der Waals surface area contributed by atoms with Gasteiger partial charge < -0.3 is 5.11 Å². The fraction of sp³-hybridized carbons (Fsp3) is 0.357. The second-order valence-electron chi connectivity index (χ2n) is 4.77. The van der Waals surface area contributed by atoms with Crippen LogP contribution >= 0.6 is 0 Å². The molecule has 1 heterocycles. The van der Waals surface area contributed by atoms with Gasteiger partial charge in [0.2, 0.25) is 0 Å². The van der Waals surface area contributed by atoms with Crippen LogP contribution in [-0.2, 0) is 28.0 Å². The summed E-state index contributed by atoms with van der Waals surface area (Å²) in [7, 11) is -3.89. The summed E-state index contributed by atoms with van der Waals surface area (Å²) >= 11 is 0. The number of benzene rings is 1. The number of hydrogen-bond acceptors (Lipinski definition) is 3. The van der Waals surface area contributed by atoms with Crippen LogP contribution in [0.4, 0.5) is 0 Å². The first kappa shape index (κ1) is 15.5. The number of carbonyl (C=O) groups is 1. The third-order valence-corrected chi connectivity index (χ3v) is 4.92. The van der Waals surface area contributed by atoms with Crippen molar-refractivity contribution < 1.29 is 18.3 Å². The maximum absolute atomic E-state index is 12.3. The number of fused-ring (bicyclic) bond motifs is 1. The first-order chi connectivity index (χ1) is 9.94. The molecular formula is C14H16N2O4S. The highest BCUT2D eigenvalue weighted by Crippen LogP contribution is 2.20. The number of carboxylic acids is 1. The number of rotatable bonds is 5. The van der Waals surface area contributed by atoms with E-state index in [2.05, 4.69) is 10.6 Å². The van der Waals surface area contributed by atoms with E-state index >= 15 is 0 Å². The summed E-state index contributed by atoms with van der Waals surface area (Å²) in [5.41, 5.74) is 2.04. The summed E-state index contributed by atoms with van der Waals surface area (Å²) in [6, 6.07) is 6.28. The normalized spacial score (nSPS) is 16.7. The van der Waals surface area contributed by atoms with Crippen molar-refractivity contribution in [2.75, 3.05) is 6.54 Å². The van der Waals surface area contributed by atoms with Crippen molar-refractivity contribution in [3.05, 3.63) is 35.4 Å². The standard InChI is InChI=1S/C14H16N2O4S/c1-2-5-13(14(17)18)15-21(19,20)16-9-8-11-6-3-4-7-12(11)10-16/h1,3-4,6-7,13,15H,5,8-10H2,(H,17,18). The van der Waals surface area contributed by atoms with E-state index < -0.39 is 22.2 Å². The molecule has 1 unspecified atom stereocenters. The number of hydrogen-bond donors (Lipinski definition) is 2. The largest absolute Gasteiger partial charge is 0.480 e. The molecule has 7 heteroatoms. The maximum Gasteiger partial charge on any atom is 0.322 e. The molecule has 0 aliphatic carbocycles. The van der Waals surface area contributed by atoms with Crippen LogP contribution in [0.25, 0.3) is 0 Å². The van der Waals surface area contributed by atoms with Gasteiger partial charge >= 0.3 is 5.97 Å². The van der Waals surface area contributed by atoms with E-state index in [0.717, 1.165) is 11.1 Å². The smallest absolute Gasteiger partial charge is 0.322 e. The number of nitrogens with one attached hydrogen (secondary N) is 1. The molecule has 1 aliphatic rings.